The fourth-order valence-electron chi connectivity index (χ4n) is 1.71. The topological polar surface area (TPSA) is 17.8 Å². The molecule has 6 heteroatoms. The quantitative estimate of drug-likeness (QED) is 0.538. The summed E-state index contributed by atoms with van der Waals surface area (Å²) in [6.45, 7) is 1.89. The lowest BCUT2D eigenvalue weighted by Crippen LogP contribution is -1.97. The molecule has 0 spiro atoms. The molecular weight excluding hydrogens is 314 g/mol. The molecule has 0 aliphatic heterocycles. The number of nitrogens with zero attached hydrogens (tertiary/aromatic N) is 2. The molecule has 0 radical (unpaired) electrons. The average Bonchev–Trinajstić information content (AvgIpc) is 2.68. The van der Waals surface area contributed by atoms with E-state index in [1.807, 2.05) is 20.0 Å². The van der Waals surface area contributed by atoms with E-state index < -0.39 is 0 Å². The Morgan fingerprint density at radius 3 is 2.39 bits per heavy atom. The van der Waals surface area contributed by atoms with Crippen LogP contribution in [0.2, 0.25) is 15.1 Å². The number of aryl methyl sites for hydroxylation is 1. The number of aromatic nitrogens is 2. The number of rotatable bonds is 2. The lowest BCUT2D eigenvalue weighted by Gasteiger charge is -2.04. The van der Waals surface area contributed by atoms with Crippen LogP contribution in [0.25, 0.3) is 11.3 Å². The van der Waals surface area contributed by atoms with E-state index in [9.17, 15) is 0 Å². The van der Waals surface area contributed by atoms with Gasteiger partial charge in [0.15, 0.2) is 0 Å². The summed E-state index contributed by atoms with van der Waals surface area (Å²) in [5.74, 6) is 0. The molecule has 1 atom stereocenters. The van der Waals surface area contributed by atoms with E-state index in [-0.39, 0.29) is 5.38 Å². The summed E-state index contributed by atoms with van der Waals surface area (Å²) >= 11 is 24.2. The van der Waals surface area contributed by atoms with Crippen LogP contribution in [0.15, 0.2) is 18.2 Å². The van der Waals surface area contributed by atoms with Crippen molar-refractivity contribution >= 4 is 46.4 Å². The zero-order valence-corrected chi connectivity index (χ0v) is 12.7. The van der Waals surface area contributed by atoms with Crippen LogP contribution in [0.1, 0.15) is 18.0 Å². The Kier molecular flexibility index (Phi) is 4.12. The van der Waals surface area contributed by atoms with Crippen molar-refractivity contribution in [3.63, 3.8) is 0 Å². The molecule has 0 bridgehead atoms. The fraction of sp³-hybridized carbons (Fsp3) is 0.250. The van der Waals surface area contributed by atoms with Crippen molar-refractivity contribution in [3.8, 4) is 11.3 Å². The molecule has 0 N–H and O–H groups in total. The fourth-order valence-corrected chi connectivity index (χ4v) is 2.55. The summed E-state index contributed by atoms with van der Waals surface area (Å²) in [7, 11) is 1.84. The largest absolute Gasteiger partial charge is 0.271 e. The number of hydrogen-bond donors (Lipinski definition) is 0. The van der Waals surface area contributed by atoms with Gasteiger partial charge >= 0.3 is 0 Å². The molecule has 1 unspecified atom stereocenters. The molecule has 0 fully saturated rings. The Morgan fingerprint density at radius 1 is 1.17 bits per heavy atom. The minimum Gasteiger partial charge on any atom is -0.271 e. The summed E-state index contributed by atoms with van der Waals surface area (Å²) in [6.07, 6.45) is 0. The first-order valence-corrected chi connectivity index (χ1v) is 6.80. The molecule has 18 heavy (non-hydrogen) atoms. The van der Waals surface area contributed by atoms with E-state index in [1.54, 1.807) is 16.8 Å². The minimum atomic E-state index is -0.127. The zero-order chi connectivity index (χ0) is 13.4. The van der Waals surface area contributed by atoms with Gasteiger partial charge in [0.2, 0.25) is 0 Å². The van der Waals surface area contributed by atoms with Gasteiger partial charge in [0, 0.05) is 12.6 Å². The van der Waals surface area contributed by atoms with Crippen molar-refractivity contribution in [1.29, 1.82) is 0 Å². The summed E-state index contributed by atoms with van der Waals surface area (Å²) in [4.78, 5) is 0. The SMILES string of the molecule is CC(Cl)c1cc(-c2ccc(Cl)c(Cl)c2Cl)nn1C. The zero-order valence-electron chi connectivity index (χ0n) is 9.72. The first-order chi connectivity index (χ1) is 8.41. The van der Waals surface area contributed by atoms with E-state index in [0.29, 0.717) is 15.1 Å². The van der Waals surface area contributed by atoms with Gasteiger partial charge < -0.3 is 0 Å². The summed E-state index contributed by atoms with van der Waals surface area (Å²) in [6, 6.07) is 5.38. The number of benzene rings is 1. The van der Waals surface area contributed by atoms with Gasteiger partial charge in [-0.15, -0.1) is 11.6 Å². The second-order valence-corrected chi connectivity index (χ2v) is 5.73. The van der Waals surface area contributed by atoms with Crippen LogP contribution in [0.4, 0.5) is 0 Å². The number of halogens is 4. The van der Waals surface area contributed by atoms with Crippen LogP contribution in [0, 0.1) is 0 Å². The van der Waals surface area contributed by atoms with Crippen molar-refractivity contribution in [1.82, 2.24) is 9.78 Å². The van der Waals surface area contributed by atoms with Crippen LogP contribution in [0.5, 0.6) is 0 Å². The molecule has 0 saturated heterocycles. The normalized spacial score (nSPS) is 12.8. The van der Waals surface area contributed by atoms with E-state index in [4.69, 9.17) is 46.4 Å². The Hall–Kier alpha value is -0.410. The first-order valence-electron chi connectivity index (χ1n) is 5.23. The Morgan fingerprint density at radius 2 is 1.83 bits per heavy atom. The molecule has 0 aliphatic carbocycles. The monoisotopic (exact) mass is 322 g/mol. The van der Waals surface area contributed by atoms with Crippen molar-refractivity contribution in [3.05, 3.63) is 39.0 Å². The van der Waals surface area contributed by atoms with Gasteiger partial charge in [0.05, 0.1) is 31.8 Å². The summed E-state index contributed by atoms with van der Waals surface area (Å²) in [5.41, 5.74) is 2.38. The third kappa shape index (κ3) is 2.48. The van der Waals surface area contributed by atoms with E-state index in [0.717, 1.165) is 17.0 Å². The van der Waals surface area contributed by atoms with Crippen molar-refractivity contribution in [2.45, 2.75) is 12.3 Å². The predicted molar refractivity (Wildman–Crippen MR) is 77.9 cm³/mol. The average molecular weight is 324 g/mol. The van der Waals surface area contributed by atoms with Crippen LogP contribution in [-0.4, -0.2) is 9.78 Å². The van der Waals surface area contributed by atoms with Gasteiger partial charge in [-0.3, -0.25) is 4.68 Å². The van der Waals surface area contributed by atoms with Gasteiger partial charge in [0.1, 0.15) is 0 Å². The van der Waals surface area contributed by atoms with Crippen LogP contribution >= 0.6 is 46.4 Å². The van der Waals surface area contributed by atoms with Gasteiger partial charge in [-0.2, -0.15) is 5.10 Å². The van der Waals surface area contributed by atoms with Crippen LogP contribution in [0.3, 0.4) is 0 Å². The standard InChI is InChI=1S/C12H10Cl4N2/c1-6(13)10-5-9(17-18(10)2)7-3-4-8(14)12(16)11(7)15/h3-6H,1-2H3. The smallest absolute Gasteiger partial charge is 0.0942 e. The molecule has 1 aromatic heterocycles. The molecular formula is C12H10Cl4N2. The van der Waals surface area contributed by atoms with Gasteiger partial charge in [0.25, 0.3) is 0 Å². The highest BCUT2D eigenvalue weighted by atomic mass is 35.5. The van der Waals surface area contributed by atoms with E-state index >= 15 is 0 Å². The third-order valence-electron chi connectivity index (χ3n) is 2.63. The van der Waals surface area contributed by atoms with Gasteiger partial charge in [-0.05, 0) is 25.1 Å². The highest BCUT2D eigenvalue weighted by Gasteiger charge is 2.16. The van der Waals surface area contributed by atoms with E-state index in [2.05, 4.69) is 5.10 Å². The molecule has 96 valence electrons. The molecule has 0 saturated carbocycles. The molecule has 1 aromatic carbocycles. The minimum absolute atomic E-state index is 0.127. The second kappa shape index (κ2) is 5.30. The third-order valence-corrected chi connectivity index (χ3v) is 4.15. The van der Waals surface area contributed by atoms with E-state index in [1.165, 1.54) is 0 Å². The van der Waals surface area contributed by atoms with Crippen molar-refractivity contribution in [2.24, 2.45) is 7.05 Å². The Balaban J connectivity index is 2.56. The number of hydrogen-bond acceptors (Lipinski definition) is 1. The summed E-state index contributed by atoms with van der Waals surface area (Å²) in [5, 5.41) is 5.41. The molecule has 2 rings (SSSR count). The number of alkyl halides is 1. The van der Waals surface area contributed by atoms with Gasteiger partial charge in [-0.25, -0.2) is 0 Å². The highest BCUT2D eigenvalue weighted by molar-refractivity contribution is 6.49. The molecule has 2 nitrogen and oxygen atoms in total. The maximum atomic E-state index is 6.18. The maximum Gasteiger partial charge on any atom is 0.0942 e. The van der Waals surface area contributed by atoms with Crippen LogP contribution < -0.4 is 0 Å². The maximum absolute atomic E-state index is 6.18. The van der Waals surface area contributed by atoms with Crippen molar-refractivity contribution < 1.29 is 0 Å². The van der Waals surface area contributed by atoms with Crippen LogP contribution in [-0.2, 0) is 7.05 Å². The molecule has 0 aliphatic rings. The van der Waals surface area contributed by atoms with Crippen molar-refractivity contribution in [2.75, 3.05) is 0 Å². The Bertz CT molecular complexity index is 590. The Labute approximate surface area is 125 Å². The lowest BCUT2D eigenvalue weighted by atomic mass is 10.1. The molecule has 0 amide bonds. The second-order valence-electron chi connectivity index (χ2n) is 3.92. The lowest BCUT2D eigenvalue weighted by molar-refractivity contribution is 0.713. The molecule has 2 aromatic rings. The predicted octanol–water partition coefficient (Wildman–Crippen LogP) is 5.35. The highest BCUT2D eigenvalue weighted by Crippen LogP contribution is 2.38. The van der Waals surface area contributed by atoms with Gasteiger partial charge in [-0.1, -0.05) is 34.8 Å². The molecule has 1 heterocycles. The first kappa shape index (κ1) is 14.0. The summed E-state index contributed by atoms with van der Waals surface area (Å²) < 4.78 is 1.73.